The highest BCUT2D eigenvalue weighted by molar-refractivity contribution is 8.32. The first-order chi connectivity index (χ1) is 13.1. The molecule has 4 rings (SSSR count). The van der Waals surface area contributed by atoms with Gasteiger partial charge in [0, 0.05) is 15.1 Å². The predicted molar refractivity (Wildman–Crippen MR) is 125 cm³/mol. The van der Waals surface area contributed by atoms with Crippen LogP contribution in [0.3, 0.4) is 0 Å². The molecular formula is C21H15Cl3S3. The molecule has 3 aromatic carbocycles. The molecule has 1 heterocycles. The molecule has 0 bridgehead atoms. The maximum absolute atomic E-state index is 6.52. The fourth-order valence-corrected chi connectivity index (χ4v) is 10.2. The highest BCUT2D eigenvalue weighted by Gasteiger charge is 2.35. The third-order valence-electron chi connectivity index (χ3n) is 4.22. The molecule has 0 saturated carbocycles. The average molecular weight is 470 g/mol. The summed E-state index contributed by atoms with van der Waals surface area (Å²) < 4.78 is 0.590. The quantitative estimate of drug-likeness (QED) is 0.375. The van der Waals surface area contributed by atoms with Gasteiger partial charge in [-0.25, -0.2) is 0 Å². The van der Waals surface area contributed by atoms with Gasteiger partial charge in [0.1, 0.15) is 0 Å². The van der Waals surface area contributed by atoms with Crippen molar-refractivity contribution in [2.24, 2.45) is 0 Å². The zero-order chi connectivity index (χ0) is 18.8. The molecule has 0 amide bonds. The van der Waals surface area contributed by atoms with Gasteiger partial charge in [-0.3, -0.25) is 0 Å². The molecule has 1 saturated heterocycles. The number of thioether (sulfide) groups is 3. The van der Waals surface area contributed by atoms with Gasteiger partial charge in [0.25, 0.3) is 0 Å². The van der Waals surface area contributed by atoms with E-state index in [4.69, 9.17) is 34.8 Å². The van der Waals surface area contributed by atoms with Gasteiger partial charge in [-0.05, 0) is 34.9 Å². The Morgan fingerprint density at radius 3 is 0.963 bits per heavy atom. The first-order valence-corrected chi connectivity index (χ1v) is 12.3. The van der Waals surface area contributed by atoms with Crippen molar-refractivity contribution in [2.75, 3.05) is 0 Å². The molecule has 6 heteroatoms. The molecule has 1 aliphatic rings. The highest BCUT2D eigenvalue weighted by atomic mass is 35.5. The number of benzene rings is 3. The Hall–Kier alpha value is -0.420. The van der Waals surface area contributed by atoms with E-state index in [1.165, 1.54) is 0 Å². The van der Waals surface area contributed by atoms with E-state index in [2.05, 4.69) is 18.2 Å². The molecule has 3 aromatic rings. The van der Waals surface area contributed by atoms with E-state index in [0.717, 1.165) is 31.8 Å². The van der Waals surface area contributed by atoms with Crippen LogP contribution < -0.4 is 0 Å². The molecule has 0 aliphatic carbocycles. The van der Waals surface area contributed by atoms with Crippen LogP contribution in [0.1, 0.15) is 30.4 Å². The van der Waals surface area contributed by atoms with E-state index in [9.17, 15) is 0 Å². The van der Waals surface area contributed by atoms with Crippen LogP contribution in [0, 0.1) is 0 Å². The lowest BCUT2D eigenvalue weighted by molar-refractivity contribution is 1.26. The third-order valence-corrected chi connectivity index (χ3v) is 10.3. The number of halogens is 3. The molecule has 0 aromatic heterocycles. The zero-order valence-corrected chi connectivity index (χ0v) is 18.7. The summed E-state index contributed by atoms with van der Waals surface area (Å²) in [5.41, 5.74) is 3.43. The molecule has 0 radical (unpaired) electrons. The minimum atomic E-state index is 0.197. The van der Waals surface area contributed by atoms with Crippen molar-refractivity contribution >= 4 is 70.1 Å². The highest BCUT2D eigenvalue weighted by Crippen LogP contribution is 2.67. The normalized spacial score (nSPS) is 22.6. The molecule has 1 fully saturated rings. The fraction of sp³-hybridized carbons (Fsp3) is 0.143. The molecule has 0 spiro atoms. The van der Waals surface area contributed by atoms with Gasteiger partial charge in [0.05, 0.1) is 13.7 Å². The van der Waals surface area contributed by atoms with Gasteiger partial charge in [-0.15, -0.1) is 35.3 Å². The van der Waals surface area contributed by atoms with Crippen molar-refractivity contribution in [1.82, 2.24) is 0 Å². The van der Waals surface area contributed by atoms with Crippen LogP contribution in [-0.4, -0.2) is 0 Å². The number of hydrogen-bond acceptors (Lipinski definition) is 3. The number of rotatable bonds is 3. The molecule has 0 atom stereocenters. The molecule has 27 heavy (non-hydrogen) atoms. The van der Waals surface area contributed by atoms with E-state index in [1.54, 1.807) is 0 Å². The van der Waals surface area contributed by atoms with Crippen molar-refractivity contribution in [2.45, 2.75) is 13.7 Å². The summed E-state index contributed by atoms with van der Waals surface area (Å²) in [6, 6.07) is 24.2. The zero-order valence-electron chi connectivity index (χ0n) is 14.0. The Kier molecular flexibility index (Phi) is 6.58. The average Bonchev–Trinajstić information content (AvgIpc) is 2.69. The summed E-state index contributed by atoms with van der Waals surface area (Å²) in [6.07, 6.45) is 0. The van der Waals surface area contributed by atoms with Crippen LogP contribution in [0.25, 0.3) is 0 Å². The van der Waals surface area contributed by atoms with Crippen LogP contribution in [0.5, 0.6) is 0 Å². The van der Waals surface area contributed by atoms with Gasteiger partial charge in [-0.1, -0.05) is 89.4 Å². The summed E-state index contributed by atoms with van der Waals surface area (Å²) in [5.74, 6) is 0. The second-order valence-corrected chi connectivity index (χ2v) is 11.7. The maximum Gasteiger partial charge on any atom is 0.0794 e. The Morgan fingerprint density at radius 2 is 0.704 bits per heavy atom. The van der Waals surface area contributed by atoms with Crippen molar-refractivity contribution in [3.63, 3.8) is 0 Å². The van der Waals surface area contributed by atoms with Crippen LogP contribution in [0.15, 0.2) is 72.8 Å². The Labute approximate surface area is 187 Å². The monoisotopic (exact) mass is 468 g/mol. The standard InChI is InChI=1S/C21H15Cl3S3/c22-16-10-4-1-7-13(16)19-25-20(14-8-2-5-11-17(14)23)27-21(26-19)15-9-3-6-12-18(15)24/h1-12,19-21H. The van der Waals surface area contributed by atoms with Crippen molar-refractivity contribution in [3.05, 3.63) is 105 Å². The second kappa shape index (κ2) is 8.94. The third kappa shape index (κ3) is 4.44. The topological polar surface area (TPSA) is 0 Å². The van der Waals surface area contributed by atoms with Crippen LogP contribution >= 0.6 is 70.1 Å². The largest absolute Gasteiger partial charge is 0.123 e. The Balaban J connectivity index is 1.74. The first-order valence-electron chi connectivity index (χ1n) is 8.33. The molecule has 0 N–H and O–H groups in total. The van der Waals surface area contributed by atoms with E-state index < -0.39 is 0 Å². The van der Waals surface area contributed by atoms with Crippen LogP contribution in [-0.2, 0) is 0 Å². The molecular weight excluding hydrogens is 455 g/mol. The van der Waals surface area contributed by atoms with Crippen molar-refractivity contribution in [3.8, 4) is 0 Å². The maximum atomic E-state index is 6.52. The summed E-state index contributed by atoms with van der Waals surface area (Å²) in [7, 11) is 0. The lowest BCUT2D eigenvalue weighted by atomic mass is 10.2. The van der Waals surface area contributed by atoms with E-state index in [-0.39, 0.29) is 13.7 Å². The first kappa shape index (κ1) is 19.9. The van der Waals surface area contributed by atoms with Crippen molar-refractivity contribution in [1.29, 1.82) is 0 Å². The fourth-order valence-electron chi connectivity index (χ4n) is 2.87. The summed E-state index contributed by atoms with van der Waals surface area (Å²) in [5, 5.41) is 2.39. The van der Waals surface area contributed by atoms with E-state index in [1.807, 2.05) is 89.9 Å². The SMILES string of the molecule is Clc1ccccc1C1SC(c2ccccc2Cl)SC(c2ccccc2Cl)S1. The lowest BCUT2D eigenvalue weighted by Crippen LogP contribution is -2.07. The molecule has 0 nitrogen and oxygen atoms in total. The lowest BCUT2D eigenvalue weighted by Gasteiger charge is -2.35. The van der Waals surface area contributed by atoms with Crippen LogP contribution in [0.2, 0.25) is 15.1 Å². The van der Waals surface area contributed by atoms with Crippen LogP contribution in [0.4, 0.5) is 0 Å². The Morgan fingerprint density at radius 1 is 0.444 bits per heavy atom. The van der Waals surface area contributed by atoms with Gasteiger partial charge in [-0.2, -0.15) is 0 Å². The van der Waals surface area contributed by atoms with Gasteiger partial charge in [0.15, 0.2) is 0 Å². The number of hydrogen-bond donors (Lipinski definition) is 0. The van der Waals surface area contributed by atoms with E-state index in [0.29, 0.717) is 0 Å². The van der Waals surface area contributed by atoms with E-state index >= 15 is 0 Å². The predicted octanol–water partition coefficient (Wildman–Crippen LogP) is 9.26. The van der Waals surface area contributed by atoms with Gasteiger partial charge < -0.3 is 0 Å². The second-order valence-electron chi connectivity index (χ2n) is 5.97. The molecule has 1 aliphatic heterocycles. The van der Waals surface area contributed by atoms with Gasteiger partial charge in [0.2, 0.25) is 0 Å². The minimum Gasteiger partial charge on any atom is -0.123 e. The minimum absolute atomic E-state index is 0.197. The smallest absolute Gasteiger partial charge is 0.0794 e. The molecule has 0 unspecified atom stereocenters. The summed E-state index contributed by atoms with van der Waals surface area (Å²) in [6.45, 7) is 0. The molecule has 138 valence electrons. The Bertz CT molecular complexity index is 819. The van der Waals surface area contributed by atoms with Gasteiger partial charge >= 0.3 is 0 Å². The van der Waals surface area contributed by atoms with Crippen molar-refractivity contribution < 1.29 is 0 Å². The summed E-state index contributed by atoms with van der Waals surface area (Å²) in [4.78, 5) is 0. The summed E-state index contributed by atoms with van der Waals surface area (Å²) >= 11 is 25.2.